The van der Waals surface area contributed by atoms with E-state index in [0.717, 1.165) is 37.4 Å². The average molecular weight is 494 g/mol. The number of thiophene rings is 1. The predicted molar refractivity (Wildman–Crippen MR) is 132 cm³/mol. The molecular weight excluding hydrogens is 458 g/mol. The SMILES string of the molecule is CC[C@H]1COCCN1C[C@H]1CN(S(=O)(=O)c2cccs2)CCN1c1ccc(C(C)(C)O)cc1. The van der Waals surface area contributed by atoms with E-state index in [4.69, 9.17) is 4.74 Å². The van der Waals surface area contributed by atoms with Crippen LogP contribution in [0.5, 0.6) is 0 Å². The Bertz CT molecular complexity index is 1000. The lowest BCUT2D eigenvalue weighted by Gasteiger charge is -2.46. The first-order valence-electron chi connectivity index (χ1n) is 11.6. The van der Waals surface area contributed by atoms with Gasteiger partial charge in [-0.05, 0) is 49.4 Å². The number of hydrogen-bond acceptors (Lipinski definition) is 7. The van der Waals surface area contributed by atoms with Crippen molar-refractivity contribution >= 4 is 27.0 Å². The summed E-state index contributed by atoms with van der Waals surface area (Å²) in [5, 5.41) is 12.1. The Morgan fingerprint density at radius 2 is 1.88 bits per heavy atom. The number of hydrogen-bond donors (Lipinski definition) is 1. The molecule has 0 saturated carbocycles. The number of aliphatic hydroxyl groups is 1. The molecule has 9 heteroatoms. The first-order chi connectivity index (χ1) is 15.7. The third-order valence-electron chi connectivity index (χ3n) is 6.71. The quantitative estimate of drug-likeness (QED) is 0.639. The summed E-state index contributed by atoms with van der Waals surface area (Å²) in [7, 11) is -3.49. The van der Waals surface area contributed by atoms with Crippen molar-refractivity contribution in [3.8, 4) is 0 Å². The van der Waals surface area contributed by atoms with Crippen LogP contribution >= 0.6 is 11.3 Å². The van der Waals surface area contributed by atoms with Gasteiger partial charge in [0.1, 0.15) is 4.21 Å². The number of piperazine rings is 1. The van der Waals surface area contributed by atoms with Crippen LogP contribution in [0.1, 0.15) is 32.8 Å². The molecule has 182 valence electrons. The van der Waals surface area contributed by atoms with Crippen molar-refractivity contribution < 1.29 is 18.3 Å². The maximum atomic E-state index is 13.3. The van der Waals surface area contributed by atoms with Crippen molar-refractivity contribution in [2.24, 2.45) is 0 Å². The van der Waals surface area contributed by atoms with E-state index in [1.165, 1.54) is 11.3 Å². The molecule has 2 saturated heterocycles. The van der Waals surface area contributed by atoms with Crippen molar-refractivity contribution in [3.05, 3.63) is 47.3 Å². The standard InChI is InChI=1S/C24H35N3O4S2/c1-4-20-18-31-14-13-25(20)16-22-17-26(33(29,30)23-6-5-15-32-23)11-12-27(22)21-9-7-19(8-10-21)24(2,3)28/h5-10,15,20,22,28H,4,11-14,16-18H2,1-3H3/t20-,22-/m0/s1. The van der Waals surface area contributed by atoms with Gasteiger partial charge in [0, 0.05) is 44.5 Å². The smallest absolute Gasteiger partial charge is 0.252 e. The largest absolute Gasteiger partial charge is 0.386 e. The summed E-state index contributed by atoms with van der Waals surface area (Å²) in [5.41, 5.74) is 1.02. The molecule has 2 atom stereocenters. The number of anilines is 1. The van der Waals surface area contributed by atoms with Crippen LogP contribution in [-0.2, 0) is 20.4 Å². The zero-order chi connectivity index (χ0) is 23.6. The molecule has 1 aromatic heterocycles. The van der Waals surface area contributed by atoms with Crippen molar-refractivity contribution in [3.63, 3.8) is 0 Å². The third kappa shape index (κ3) is 5.44. The third-order valence-corrected chi connectivity index (χ3v) is 9.94. The molecule has 33 heavy (non-hydrogen) atoms. The highest BCUT2D eigenvalue weighted by Gasteiger charge is 2.37. The topological polar surface area (TPSA) is 73.3 Å². The Labute approximate surface area is 201 Å². The van der Waals surface area contributed by atoms with Crippen LogP contribution in [0, 0.1) is 0 Å². The molecule has 2 aromatic rings. The lowest BCUT2D eigenvalue weighted by Crippen LogP contribution is -2.60. The van der Waals surface area contributed by atoms with Crippen LogP contribution < -0.4 is 4.90 Å². The van der Waals surface area contributed by atoms with E-state index in [0.29, 0.717) is 36.5 Å². The van der Waals surface area contributed by atoms with E-state index >= 15 is 0 Å². The molecule has 0 aliphatic carbocycles. The molecule has 0 unspecified atom stereocenters. The van der Waals surface area contributed by atoms with Crippen molar-refractivity contribution in [2.45, 2.75) is 49.1 Å². The Balaban J connectivity index is 1.60. The molecule has 1 aromatic carbocycles. The summed E-state index contributed by atoms with van der Waals surface area (Å²) in [6.07, 6.45) is 1.00. The summed E-state index contributed by atoms with van der Waals surface area (Å²) in [6.45, 7) is 10.3. The van der Waals surface area contributed by atoms with Gasteiger partial charge in [-0.2, -0.15) is 4.31 Å². The van der Waals surface area contributed by atoms with E-state index in [1.807, 2.05) is 29.6 Å². The van der Waals surface area contributed by atoms with Crippen molar-refractivity contribution in [2.75, 3.05) is 50.8 Å². The summed E-state index contributed by atoms with van der Waals surface area (Å²) in [4.78, 5) is 4.78. The molecule has 3 heterocycles. The molecule has 2 aliphatic heterocycles. The fourth-order valence-electron chi connectivity index (χ4n) is 4.72. The van der Waals surface area contributed by atoms with Crippen molar-refractivity contribution in [1.29, 1.82) is 0 Å². The van der Waals surface area contributed by atoms with Gasteiger partial charge in [0.05, 0.1) is 24.9 Å². The van der Waals surface area contributed by atoms with Crippen LogP contribution in [0.15, 0.2) is 46.0 Å². The van der Waals surface area contributed by atoms with Crippen molar-refractivity contribution in [1.82, 2.24) is 9.21 Å². The lowest BCUT2D eigenvalue weighted by molar-refractivity contribution is -0.0126. The van der Waals surface area contributed by atoms with Gasteiger partial charge in [-0.15, -0.1) is 11.3 Å². The number of ether oxygens (including phenoxy) is 1. The van der Waals surface area contributed by atoms with Crippen LogP contribution in [0.4, 0.5) is 5.69 Å². The highest BCUT2D eigenvalue weighted by molar-refractivity contribution is 7.91. The molecule has 0 bridgehead atoms. The van der Waals surface area contributed by atoms with Gasteiger partial charge >= 0.3 is 0 Å². The first kappa shape index (κ1) is 24.6. The zero-order valence-corrected chi connectivity index (χ0v) is 21.3. The second kappa shape index (κ2) is 10.0. The number of rotatable bonds is 7. The molecule has 4 rings (SSSR count). The summed E-state index contributed by atoms with van der Waals surface area (Å²) < 4.78 is 34.3. The molecular formula is C24H35N3O4S2. The van der Waals surface area contributed by atoms with Crippen LogP contribution in [0.25, 0.3) is 0 Å². The lowest BCUT2D eigenvalue weighted by atomic mass is 9.98. The van der Waals surface area contributed by atoms with Gasteiger partial charge in [0.25, 0.3) is 10.0 Å². The number of nitrogens with zero attached hydrogens (tertiary/aromatic N) is 3. The van der Waals surface area contributed by atoms with Gasteiger partial charge in [0.2, 0.25) is 0 Å². The molecule has 0 spiro atoms. The van der Waals surface area contributed by atoms with Crippen LogP contribution in [0.2, 0.25) is 0 Å². The average Bonchev–Trinajstić information content (AvgIpc) is 3.35. The Hall–Kier alpha value is -1.49. The summed E-state index contributed by atoms with van der Waals surface area (Å²) in [6, 6.07) is 11.9. The van der Waals surface area contributed by atoms with E-state index in [-0.39, 0.29) is 6.04 Å². The Morgan fingerprint density at radius 3 is 2.52 bits per heavy atom. The monoisotopic (exact) mass is 493 g/mol. The minimum absolute atomic E-state index is 0.0219. The van der Waals surface area contributed by atoms with E-state index in [1.54, 1.807) is 30.3 Å². The molecule has 0 amide bonds. The van der Waals surface area contributed by atoms with Crippen LogP contribution in [0.3, 0.4) is 0 Å². The van der Waals surface area contributed by atoms with E-state index in [2.05, 4.69) is 16.7 Å². The van der Waals surface area contributed by atoms with Gasteiger partial charge in [-0.25, -0.2) is 8.42 Å². The number of benzene rings is 1. The predicted octanol–water partition coefficient (Wildman–Crippen LogP) is 2.97. The maximum absolute atomic E-state index is 13.3. The zero-order valence-electron chi connectivity index (χ0n) is 19.7. The molecule has 7 nitrogen and oxygen atoms in total. The van der Waals surface area contributed by atoms with Crippen LogP contribution in [-0.4, -0.2) is 80.8 Å². The Kier molecular flexibility index (Phi) is 7.47. The minimum atomic E-state index is -3.49. The highest BCUT2D eigenvalue weighted by atomic mass is 32.2. The Morgan fingerprint density at radius 1 is 1.12 bits per heavy atom. The first-order valence-corrected chi connectivity index (χ1v) is 14.0. The second-order valence-corrected chi connectivity index (χ2v) is 12.5. The number of sulfonamides is 1. The van der Waals surface area contributed by atoms with Gasteiger partial charge in [-0.1, -0.05) is 25.1 Å². The molecule has 2 aliphatic rings. The minimum Gasteiger partial charge on any atom is -0.386 e. The second-order valence-electron chi connectivity index (χ2n) is 9.38. The molecule has 1 N–H and O–H groups in total. The summed E-state index contributed by atoms with van der Waals surface area (Å²) in [5.74, 6) is 0. The highest BCUT2D eigenvalue weighted by Crippen LogP contribution is 2.29. The molecule has 0 radical (unpaired) electrons. The fourth-order valence-corrected chi connectivity index (χ4v) is 7.33. The molecule has 2 fully saturated rings. The van der Waals surface area contributed by atoms with E-state index < -0.39 is 15.6 Å². The fraction of sp³-hybridized carbons (Fsp3) is 0.583. The summed E-state index contributed by atoms with van der Waals surface area (Å²) >= 11 is 1.27. The van der Waals surface area contributed by atoms with Gasteiger partial charge in [0.15, 0.2) is 0 Å². The van der Waals surface area contributed by atoms with Gasteiger partial charge in [-0.3, -0.25) is 4.90 Å². The normalized spacial score (nSPS) is 23.7. The van der Waals surface area contributed by atoms with Gasteiger partial charge < -0.3 is 14.7 Å². The number of morpholine rings is 1. The maximum Gasteiger partial charge on any atom is 0.252 e. The van der Waals surface area contributed by atoms with E-state index in [9.17, 15) is 13.5 Å².